The maximum atomic E-state index is 12.0. The standard InChI is InChI=1S/C13H18N2O4S/c1-11(2)19-7-5-15-20(17,18)13-8-12(4-3-6-16)9-14-10-13/h8-11,15-16H,5-7H2,1-2H3. The van der Waals surface area contributed by atoms with Gasteiger partial charge in [-0.2, -0.15) is 0 Å². The Morgan fingerprint density at radius 2 is 2.20 bits per heavy atom. The van der Waals surface area contributed by atoms with Gasteiger partial charge < -0.3 is 9.84 Å². The molecule has 1 heterocycles. The van der Waals surface area contributed by atoms with Crippen molar-refractivity contribution in [3.05, 3.63) is 24.0 Å². The van der Waals surface area contributed by atoms with E-state index < -0.39 is 10.0 Å². The first-order valence-corrected chi connectivity index (χ1v) is 7.60. The summed E-state index contributed by atoms with van der Waals surface area (Å²) in [5.41, 5.74) is 0.431. The van der Waals surface area contributed by atoms with Gasteiger partial charge in [0.2, 0.25) is 10.0 Å². The Morgan fingerprint density at radius 3 is 2.85 bits per heavy atom. The van der Waals surface area contributed by atoms with Crippen molar-refractivity contribution in [3.63, 3.8) is 0 Å². The summed E-state index contributed by atoms with van der Waals surface area (Å²) in [5.74, 6) is 5.05. The van der Waals surface area contributed by atoms with Crippen LogP contribution in [0, 0.1) is 11.8 Å². The van der Waals surface area contributed by atoms with Crippen molar-refractivity contribution in [1.29, 1.82) is 0 Å². The van der Waals surface area contributed by atoms with E-state index in [1.165, 1.54) is 18.5 Å². The van der Waals surface area contributed by atoms with E-state index in [0.717, 1.165) is 0 Å². The Kier molecular flexibility index (Phi) is 6.61. The summed E-state index contributed by atoms with van der Waals surface area (Å²) >= 11 is 0. The van der Waals surface area contributed by atoms with Gasteiger partial charge >= 0.3 is 0 Å². The molecule has 7 heteroatoms. The second-order valence-electron chi connectivity index (χ2n) is 4.19. The summed E-state index contributed by atoms with van der Waals surface area (Å²) in [4.78, 5) is 3.86. The number of aliphatic hydroxyl groups is 1. The number of nitrogens with zero attached hydrogens (tertiary/aromatic N) is 1. The minimum atomic E-state index is -3.63. The molecule has 0 unspecified atom stereocenters. The first-order valence-electron chi connectivity index (χ1n) is 6.12. The van der Waals surface area contributed by atoms with Crippen LogP contribution in [0.2, 0.25) is 0 Å². The number of aliphatic hydroxyl groups excluding tert-OH is 1. The van der Waals surface area contributed by atoms with Crippen molar-refractivity contribution in [2.75, 3.05) is 19.8 Å². The number of ether oxygens (including phenoxy) is 1. The molecule has 6 nitrogen and oxygen atoms in total. The van der Waals surface area contributed by atoms with Crippen molar-refractivity contribution < 1.29 is 18.3 Å². The van der Waals surface area contributed by atoms with Crippen LogP contribution in [-0.4, -0.2) is 44.4 Å². The third-order valence-corrected chi connectivity index (χ3v) is 3.61. The Bertz CT molecular complexity index is 588. The molecule has 1 rings (SSSR count). The summed E-state index contributed by atoms with van der Waals surface area (Å²) in [6, 6.07) is 1.40. The quantitative estimate of drug-likeness (QED) is 0.575. The van der Waals surface area contributed by atoms with E-state index in [-0.39, 0.29) is 24.2 Å². The molecule has 1 aromatic rings. The molecule has 0 radical (unpaired) electrons. The molecule has 0 aromatic carbocycles. The number of pyridine rings is 1. The van der Waals surface area contributed by atoms with Crippen LogP contribution in [0.5, 0.6) is 0 Å². The average Bonchev–Trinajstić information content (AvgIpc) is 2.41. The highest BCUT2D eigenvalue weighted by Gasteiger charge is 2.14. The van der Waals surface area contributed by atoms with Gasteiger partial charge in [0.25, 0.3) is 0 Å². The largest absolute Gasteiger partial charge is 0.384 e. The Morgan fingerprint density at radius 1 is 1.45 bits per heavy atom. The molecular formula is C13H18N2O4S. The Labute approximate surface area is 119 Å². The van der Waals surface area contributed by atoms with E-state index in [9.17, 15) is 8.42 Å². The second kappa shape index (κ2) is 7.97. The van der Waals surface area contributed by atoms with Crippen LogP contribution < -0.4 is 4.72 Å². The molecule has 0 aliphatic rings. The molecule has 0 spiro atoms. The zero-order valence-electron chi connectivity index (χ0n) is 11.5. The van der Waals surface area contributed by atoms with Gasteiger partial charge in [0.05, 0.1) is 12.7 Å². The summed E-state index contributed by atoms with van der Waals surface area (Å²) in [5, 5.41) is 8.61. The van der Waals surface area contributed by atoms with E-state index in [1.807, 2.05) is 13.8 Å². The van der Waals surface area contributed by atoms with Crippen molar-refractivity contribution in [2.45, 2.75) is 24.8 Å². The third kappa shape index (κ3) is 5.67. The summed E-state index contributed by atoms with van der Waals surface area (Å²) in [6.07, 6.45) is 2.73. The number of aromatic nitrogens is 1. The summed E-state index contributed by atoms with van der Waals surface area (Å²) in [6.45, 7) is 3.95. The molecule has 110 valence electrons. The van der Waals surface area contributed by atoms with Crippen LogP contribution in [-0.2, 0) is 14.8 Å². The van der Waals surface area contributed by atoms with E-state index in [0.29, 0.717) is 12.2 Å². The highest BCUT2D eigenvalue weighted by Crippen LogP contribution is 2.08. The normalized spacial score (nSPS) is 11.2. The van der Waals surface area contributed by atoms with Gasteiger partial charge in [-0.3, -0.25) is 4.98 Å². The van der Waals surface area contributed by atoms with Gasteiger partial charge in [0.15, 0.2) is 0 Å². The van der Waals surface area contributed by atoms with Crippen molar-refractivity contribution in [3.8, 4) is 11.8 Å². The fourth-order valence-electron chi connectivity index (χ4n) is 1.33. The molecule has 2 N–H and O–H groups in total. The number of nitrogens with one attached hydrogen (secondary N) is 1. The van der Waals surface area contributed by atoms with Crippen molar-refractivity contribution in [2.24, 2.45) is 0 Å². The van der Waals surface area contributed by atoms with Gasteiger partial charge in [-0.05, 0) is 19.9 Å². The summed E-state index contributed by atoms with van der Waals surface area (Å²) in [7, 11) is -3.63. The molecule has 0 bridgehead atoms. The van der Waals surface area contributed by atoms with E-state index in [2.05, 4.69) is 21.5 Å². The molecule has 0 aliphatic carbocycles. The highest BCUT2D eigenvalue weighted by atomic mass is 32.2. The molecule has 1 aromatic heterocycles. The Hall–Kier alpha value is -1.46. The topological polar surface area (TPSA) is 88.5 Å². The monoisotopic (exact) mass is 298 g/mol. The van der Waals surface area contributed by atoms with E-state index >= 15 is 0 Å². The van der Waals surface area contributed by atoms with E-state index in [4.69, 9.17) is 9.84 Å². The predicted octanol–water partition coefficient (Wildman–Crippen LogP) is 0.129. The second-order valence-corrected chi connectivity index (χ2v) is 5.95. The lowest BCUT2D eigenvalue weighted by Crippen LogP contribution is -2.28. The van der Waals surface area contributed by atoms with Crippen LogP contribution in [0.25, 0.3) is 0 Å². The van der Waals surface area contributed by atoms with Crippen LogP contribution in [0.3, 0.4) is 0 Å². The fourth-order valence-corrected chi connectivity index (χ4v) is 2.33. The number of rotatable bonds is 6. The smallest absolute Gasteiger partial charge is 0.242 e. The number of hydrogen-bond acceptors (Lipinski definition) is 5. The van der Waals surface area contributed by atoms with E-state index in [1.54, 1.807) is 0 Å². The van der Waals surface area contributed by atoms with Gasteiger partial charge in [0, 0.05) is 24.5 Å². The average molecular weight is 298 g/mol. The molecule has 0 amide bonds. The molecule has 0 atom stereocenters. The summed E-state index contributed by atoms with van der Waals surface area (Å²) < 4.78 is 31.7. The molecule has 0 fully saturated rings. The van der Waals surface area contributed by atoms with Crippen LogP contribution in [0.1, 0.15) is 19.4 Å². The van der Waals surface area contributed by atoms with Crippen molar-refractivity contribution in [1.82, 2.24) is 9.71 Å². The zero-order valence-corrected chi connectivity index (χ0v) is 12.3. The molecular weight excluding hydrogens is 280 g/mol. The van der Waals surface area contributed by atoms with Crippen LogP contribution in [0.4, 0.5) is 0 Å². The van der Waals surface area contributed by atoms with Crippen LogP contribution in [0.15, 0.2) is 23.4 Å². The number of hydrogen-bond donors (Lipinski definition) is 2. The lowest BCUT2D eigenvalue weighted by Gasteiger charge is -2.09. The zero-order chi connectivity index (χ0) is 15.0. The number of sulfonamides is 1. The first-order chi connectivity index (χ1) is 9.45. The highest BCUT2D eigenvalue weighted by molar-refractivity contribution is 7.89. The van der Waals surface area contributed by atoms with Crippen molar-refractivity contribution >= 4 is 10.0 Å². The molecule has 0 saturated carbocycles. The van der Waals surface area contributed by atoms with Gasteiger partial charge in [-0.15, -0.1) is 0 Å². The SMILES string of the molecule is CC(C)OCCNS(=O)(=O)c1cncc(C#CCO)c1. The lowest BCUT2D eigenvalue weighted by atomic mass is 10.3. The first kappa shape index (κ1) is 16.6. The van der Waals surface area contributed by atoms with Crippen LogP contribution >= 0.6 is 0 Å². The lowest BCUT2D eigenvalue weighted by molar-refractivity contribution is 0.0834. The minimum absolute atomic E-state index is 0.0341. The molecule has 0 aliphatic heterocycles. The van der Waals surface area contributed by atoms with Gasteiger partial charge in [0.1, 0.15) is 11.5 Å². The molecule has 0 saturated heterocycles. The molecule has 20 heavy (non-hydrogen) atoms. The van der Waals surface area contributed by atoms with Gasteiger partial charge in [-0.25, -0.2) is 13.1 Å². The third-order valence-electron chi connectivity index (χ3n) is 2.18. The van der Waals surface area contributed by atoms with Gasteiger partial charge in [-0.1, -0.05) is 11.8 Å². The maximum absolute atomic E-state index is 12.0. The predicted molar refractivity (Wildman–Crippen MR) is 74.5 cm³/mol. The Balaban J connectivity index is 2.72. The fraction of sp³-hybridized carbons (Fsp3) is 0.462. The minimum Gasteiger partial charge on any atom is -0.384 e. The maximum Gasteiger partial charge on any atom is 0.242 e.